The molecule has 1 saturated carbocycles. The Hall–Kier alpha value is -3.74. The Bertz CT molecular complexity index is 1180. The molecule has 0 radical (unpaired) electrons. The minimum Gasteiger partial charge on any atom is -0.481 e. The van der Waals surface area contributed by atoms with Crippen LogP contribution < -0.4 is 9.47 Å². The van der Waals surface area contributed by atoms with Gasteiger partial charge in [-0.05, 0) is 78.1 Å². The van der Waals surface area contributed by atoms with E-state index in [4.69, 9.17) is 9.47 Å². The van der Waals surface area contributed by atoms with Crippen molar-refractivity contribution < 1.29 is 28.6 Å². The molecule has 2 aromatic carbocycles. The molecule has 1 fully saturated rings. The van der Waals surface area contributed by atoms with Crippen LogP contribution in [-0.4, -0.2) is 29.1 Å². The third kappa shape index (κ3) is 5.19. The Labute approximate surface area is 191 Å². The number of aliphatic carboxylic acids is 1. The number of ether oxygens (including phenoxy) is 2. The number of benzene rings is 2. The summed E-state index contributed by atoms with van der Waals surface area (Å²) in [7, 11) is 1.50. The van der Waals surface area contributed by atoms with E-state index < -0.39 is 17.8 Å². The third-order valence-electron chi connectivity index (χ3n) is 5.85. The molecule has 1 aliphatic carbocycles. The summed E-state index contributed by atoms with van der Waals surface area (Å²) in [4.78, 5) is 28.1. The van der Waals surface area contributed by atoms with E-state index in [0.717, 1.165) is 18.4 Å². The van der Waals surface area contributed by atoms with Gasteiger partial charge in [0.1, 0.15) is 11.6 Å². The molecule has 3 aromatic rings. The number of hydrogen-bond donors (Lipinski definition) is 1. The number of pyridine rings is 1. The maximum absolute atomic E-state index is 15.0. The molecule has 0 amide bonds. The van der Waals surface area contributed by atoms with Crippen molar-refractivity contribution in [1.82, 2.24) is 4.98 Å². The molecule has 0 bridgehead atoms. The summed E-state index contributed by atoms with van der Waals surface area (Å²) in [5.74, 6) is -1.50. The molecule has 0 spiro atoms. The lowest BCUT2D eigenvalue weighted by Crippen LogP contribution is -2.14. The Morgan fingerprint density at radius 1 is 1.15 bits per heavy atom. The standard InChI is InChI=1S/C26H24FNO5/c1-15-10-19(17-8-9-28-23(13-17)32-2)12-22(27)25(15)26(31)33-20-5-3-4-18(11-20)21(14-24(29)30)16-6-7-16/h3-5,8-13,16,21H,6-7,14H2,1-2H3,(H,29,30)/t21-/m0/s1. The fourth-order valence-electron chi connectivity index (χ4n) is 4.08. The van der Waals surface area contributed by atoms with Crippen molar-refractivity contribution in [2.45, 2.75) is 32.1 Å². The van der Waals surface area contributed by atoms with E-state index in [1.807, 2.05) is 6.07 Å². The van der Waals surface area contributed by atoms with Gasteiger partial charge in [-0.15, -0.1) is 0 Å². The molecule has 1 atom stereocenters. The molecule has 1 aliphatic rings. The maximum atomic E-state index is 15.0. The van der Waals surface area contributed by atoms with Gasteiger partial charge >= 0.3 is 11.9 Å². The van der Waals surface area contributed by atoms with Gasteiger partial charge < -0.3 is 14.6 Å². The molecule has 0 aliphatic heterocycles. The molecule has 1 N–H and O–H groups in total. The summed E-state index contributed by atoms with van der Waals surface area (Å²) in [5, 5.41) is 9.24. The van der Waals surface area contributed by atoms with Gasteiger partial charge in [0.2, 0.25) is 5.88 Å². The highest BCUT2D eigenvalue weighted by Crippen LogP contribution is 2.45. The number of carbonyl (C=O) groups excluding carboxylic acids is 1. The summed E-state index contributed by atoms with van der Waals surface area (Å²) in [6.07, 6.45) is 3.57. The molecule has 33 heavy (non-hydrogen) atoms. The molecule has 170 valence electrons. The lowest BCUT2D eigenvalue weighted by Gasteiger charge is -2.16. The molecule has 0 saturated heterocycles. The molecule has 4 rings (SSSR count). The molecule has 0 unspecified atom stereocenters. The Morgan fingerprint density at radius 3 is 2.61 bits per heavy atom. The lowest BCUT2D eigenvalue weighted by atomic mass is 9.91. The van der Waals surface area contributed by atoms with Crippen LogP contribution in [0.4, 0.5) is 4.39 Å². The highest BCUT2D eigenvalue weighted by Gasteiger charge is 2.34. The SMILES string of the molecule is COc1cc(-c2cc(C)c(C(=O)Oc3cccc([C@@H](CC(=O)O)C4CC4)c3)c(F)c2)ccn1. The predicted octanol–water partition coefficient (Wildman–Crippen LogP) is 5.39. The quantitative estimate of drug-likeness (QED) is 0.366. The Morgan fingerprint density at radius 2 is 1.94 bits per heavy atom. The van der Waals surface area contributed by atoms with E-state index in [1.165, 1.54) is 13.2 Å². The van der Waals surface area contributed by atoms with Gasteiger partial charge in [-0.25, -0.2) is 14.2 Å². The number of carboxylic acids is 1. The Kier molecular flexibility index (Phi) is 6.40. The van der Waals surface area contributed by atoms with Gasteiger partial charge in [-0.3, -0.25) is 4.79 Å². The molecular formula is C26H24FNO5. The number of rotatable bonds is 8. The number of hydrogen-bond acceptors (Lipinski definition) is 5. The van der Waals surface area contributed by atoms with Gasteiger partial charge in [0.05, 0.1) is 19.1 Å². The zero-order chi connectivity index (χ0) is 23.5. The first-order valence-electron chi connectivity index (χ1n) is 10.7. The van der Waals surface area contributed by atoms with E-state index in [2.05, 4.69) is 4.98 Å². The molecular weight excluding hydrogens is 425 g/mol. The highest BCUT2D eigenvalue weighted by atomic mass is 19.1. The fourth-order valence-corrected chi connectivity index (χ4v) is 4.08. The number of carbonyl (C=O) groups is 2. The second-order valence-electron chi connectivity index (χ2n) is 8.24. The molecule has 6 nitrogen and oxygen atoms in total. The highest BCUT2D eigenvalue weighted by molar-refractivity contribution is 5.93. The maximum Gasteiger partial charge on any atom is 0.346 e. The number of aromatic nitrogens is 1. The number of aryl methyl sites for hydroxylation is 1. The number of carboxylic acid groups (broad SMARTS) is 1. The second-order valence-corrected chi connectivity index (χ2v) is 8.24. The van der Waals surface area contributed by atoms with Gasteiger partial charge in [0, 0.05) is 12.3 Å². The van der Waals surface area contributed by atoms with Crippen LogP contribution in [0, 0.1) is 18.7 Å². The van der Waals surface area contributed by atoms with Crippen molar-refractivity contribution in [2.24, 2.45) is 5.92 Å². The largest absolute Gasteiger partial charge is 0.481 e. The predicted molar refractivity (Wildman–Crippen MR) is 120 cm³/mol. The van der Waals surface area contributed by atoms with Crippen molar-refractivity contribution in [3.05, 3.63) is 77.2 Å². The molecule has 7 heteroatoms. The van der Waals surface area contributed by atoms with E-state index >= 15 is 0 Å². The molecule has 1 aromatic heterocycles. The average Bonchev–Trinajstić information content (AvgIpc) is 3.62. The fraction of sp³-hybridized carbons (Fsp3) is 0.269. The zero-order valence-corrected chi connectivity index (χ0v) is 18.4. The normalized spacial score (nSPS) is 13.9. The van der Waals surface area contributed by atoms with Gasteiger partial charge in [0.15, 0.2) is 0 Å². The van der Waals surface area contributed by atoms with Crippen molar-refractivity contribution >= 4 is 11.9 Å². The van der Waals surface area contributed by atoms with E-state index in [1.54, 1.807) is 49.5 Å². The first kappa shape index (κ1) is 22.5. The van der Waals surface area contributed by atoms with E-state index in [-0.39, 0.29) is 23.7 Å². The van der Waals surface area contributed by atoms with Crippen LogP contribution in [0.1, 0.15) is 46.7 Å². The van der Waals surface area contributed by atoms with Crippen LogP contribution in [0.15, 0.2) is 54.7 Å². The van der Waals surface area contributed by atoms with Crippen LogP contribution in [0.2, 0.25) is 0 Å². The lowest BCUT2D eigenvalue weighted by molar-refractivity contribution is -0.137. The summed E-state index contributed by atoms with van der Waals surface area (Å²) in [6.45, 7) is 1.65. The Balaban J connectivity index is 1.57. The van der Waals surface area contributed by atoms with Crippen molar-refractivity contribution in [2.75, 3.05) is 7.11 Å². The number of methoxy groups -OCH3 is 1. The summed E-state index contributed by atoms with van der Waals surface area (Å²) < 4.78 is 25.6. The van der Waals surface area contributed by atoms with E-state index in [0.29, 0.717) is 28.5 Å². The first-order chi connectivity index (χ1) is 15.9. The second kappa shape index (κ2) is 9.40. The van der Waals surface area contributed by atoms with Crippen LogP contribution >= 0.6 is 0 Å². The van der Waals surface area contributed by atoms with Crippen molar-refractivity contribution in [1.29, 1.82) is 0 Å². The summed E-state index contributed by atoms with van der Waals surface area (Å²) in [5.41, 5.74) is 2.40. The summed E-state index contributed by atoms with van der Waals surface area (Å²) >= 11 is 0. The number of esters is 1. The minimum atomic E-state index is -0.862. The van der Waals surface area contributed by atoms with Gasteiger partial charge in [-0.2, -0.15) is 0 Å². The van der Waals surface area contributed by atoms with E-state index in [9.17, 15) is 19.1 Å². The van der Waals surface area contributed by atoms with Crippen molar-refractivity contribution in [3.63, 3.8) is 0 Å². The van der Waals surface area contributed by atoms with Gasteiger partial charge in [-0.1, -0.05) is 18.2 Å². The number of halogens is 1. The first-order valence-corrected chi connectivity index (χ1v) is 10.7. The smallest absolute Gasteiger partial charge is 0.346 e. The van der Waals surface area contributed by atoms with Crippen LogP contribution in [0.5, 0.6) is 11.6 Å². The van der Waals surface area contributed by atoms with Crippen molar-refractivity contribution in [3.8, 4) is 22.8 Å². The van der Waals surface area contributed by atoms with Crippen LogP contribution in [-0.2, 0) is 4.79 Å². The monoisotopic (exact) mass is 449 g/mol. The van der Waals surface area contributed by atoms with Crippen LogP contribution in [0.25, 0.3) is 11.1 Å². The topological polar surface area (TPSA) is 85.7 Å². The number of nitrogens with zero attached hydrogens (tertiary/aromatic N) is 1. The summed E-state index contributed by atoms with van der Waals surface area (Å²) in [6, 6.07) is 13.3. The van der Waals surface area contributed by atoms with Gasteiger partial charge in [0.25, 0.3) is 0 Å². The zero-order valence-electron chi connectivity index (χ0n) is 18.4. The van der Waals surface area contributed by atoms with Crippen LogP contribution in [0.3, 0.4) is 0 Å². The molecule has 1 heterocycles. The minimum absolute atomic E-state index is 0.0249. The third-order valence-corrected chi connectivity index (χ3v) is 5.85. The average molecular weight is 449 g/mol.